The minimum atomic E-state index is -1.08. The molecule has 0 bridgehead atoms. The van der Waals surface area contributed by atoms with Crippen LogP contribution in [0.25, 0.3) is 6.08 Å². The number of thiophene rings is 1. The second kappa shape index (κ2) is 7.83. The molecule has 0 radical (unpaired) electrons. The van der Waals surface area contributed by atoms with Crippen LogP contribution in [-0.2, 0) is 14.3 Å². The van der Waals surface area contributed by atoms with Gasteiger partial charge >= 0.3 is 5.97 Å². The van der Waals surface area contributed by atoms with Crippen LogP contribution in [0.15, 0.2) is 35.7 Å². The number of halogens is 2. The summed E-state index contributed by atoms with van der Waals surface area (Å²) in [5.74, 6) is -3.40. The lowest BCUT2D eigenvalue weighted by Crippen LogP contribution is -2.29. The number of carbonyl (C=O) groups excluding carboxylic acids is 2. The maximum absolute atomic E-state index is 13.1. The SMILES string of the molecule is Cc1ccsc1/C=C/C(=O)O[C@H](C)C(=O)Nc1ccc(F)c(F)c1. The Bertz CT molecular complexity index is 786. The third-order valence-electron chi connectivity index (χ3n) is 3.12. The normalized spacial score (nSPS) is 12.2. The second-order valence-corrected chi connectivity index (χ2v) is 5.95. The number of esters is 1. The average molecular weight is 351 g/mol. The van der Waals surface area contributed by atoms with Crippen LogP contribution < -0.4 is 5.32 Å². The molecular formula is C17H15F2NO3S. The molecule has 1 aromatic carbocycles. The number of aryl methyl sites for hydroxylation is 1. The van der Waals surface area contributed by atoms with Crippen molar-refractivity contribution in [2.45, 2.75) is 20.0 Å². The molecule has 1 atom stereocenters. The summed E-state index contributed by atoms with van der Waals surface area (Å²) in [4.78, 5) is 24.5. The van der Waals surface area contributed by atoms with E-state index < -0.39 is 29.6 Å². The summed E-state index contributed by atoms with van der Waals surface area (Å²) in [7, 11) is 0. The van der Waals surface area contributed by atoms with Crippen molar-refractivity contribution in [3.63, 3.8) is 0 Å². The Hall–Kier alpha value is -2.54. The van der Waals surface area contributed by atoms with E-state index in [1.54, 1.807) is 6.08 Å². The van der Waals surface area contributed by atoms with Gasteiger partial charge in [0.2, 0.25) is 0 Å². The quantitative estimate of drug-likeness (QED) is 0.656. The van der Waals surface area contributed by atoms with Gasteiger partial charge in [0.15, 0.2) is 17.7 Å². The molecule has 0 aliphatic rings. The number of benzene rings is 1. The van der Waals surface area contributed by atoms with Gasteiger partial charge in [-0.25, -0.2) is 13.6 Å². The van der Waals surface area contributed by atoms with Gasteiger partial charge in [-0.05, 0) is 49.1 Å². The molecule has 4 nitrogen and oxygen atoms in total. The first-order valence-electron chi connectivity index (χ1n) is 7.05. The number of rotatable bonds is 5. The van der Waals surface area contributed by atoms with Gasteiger partial charge in [-0.1, -0.05) is 0 Å². The van der Waals surface area contributed by atoms with E-state index >= 15 is 0 Å². The van der Waals surface area contributed by atoms with Gasteiger partial charge in [-0.15, -0.1) is 11.3 Å². The van der Waals surface area contributed by atoms with Crippen LogP contribution in [0.2, 0.25) is 0 Å². The zero-order valence-corrected chi connectivity index (χ0v) is 13.8. The molecule has 2 rings (SSSR count). The van der Waals surface area contributed by atoms with Crippen molar-refractivity contribution >= 4 is 35.0 Å². The first kappa shape index (κ1) is 17.8. The molecule has 1 aromatic heterocycles. The van der Waals surface area contributed by atoms with Crippen LogP contribution in [0.5, 0.6) is 0 Å². The molecule has 0 aliphatic carbocycles. The van der Waals surface area contributed by atoms with Crippen LogP contribution in [0, 0.1) is 18.6 Å². The molecule has 0 unspecified atom stereocenters. The molecular weight excluding hydrogens is 336 g/mol. The monoisotopic (exact) mass is 351 g/mol. The Balaban J connectivity index is 1.91. The third kappa shape index (κ3) is 4.73. The Morgan fingerprint density at radius 2 is 2.00 bits per heavy atom. The highest BCUT2D eigenvalue weighted by Gasteiger charge is 2.17. The van der Waals surface area contributed by atoms with Gasteiger partial charge in [0, 0.05) is 22.7 Å². The summed E-state index contributed by atoms with van der Waals surface area (Å²) in [5.41, 5.74) is 1.11. The molecule has 0 aliphatic heterocycles. The van der Waals surface area contributed by atoms with Crippen molar-refractivity contribution in [1.82, 2.24) is 0 Å². The maximum Gasteiger partial charge on any atom is 0.331 e. The van der Waals surface area contributed by atoms with Crippen LogP contribution in [0.3, 0.4) is 0 Å². The lowest BCUT2D eigenvalue weighted by Gasteiger charge is -2.12. The van der Waals surface area contributed by atoms with E-state index in [0.29, 0.717) is 0 Å². The van der Waals surface area contributed by atoms with Crippen LogP contribution >= 0.6 is 11.3 Å². The van der Waals surface area contributed by atoms with Gasteiger partial charge in [0.1, 0.15) is 0 Å². The highest BCUT2D eigenvalue weighted by atomic mass is 32.1. The molecule has 24 heavy (non-hydrogen) atoms. The van der Waals surface area contributed by atoms with Crippen molar-refractivity contribution in [2.24, 2.45) is 0 Å². The fraction of sp³-hybridized carbons (Fsp3) is 0.176. The lowest BCUT2D eigenvalue weighted by atomic mass is 10.2. The van der Waals surface area contributed by atoms with Crippen molar-refractivity contribution in [3.05, 3.63) is 57.8 Å². The molecule has 2 aromatic rings. The number of ether oxygens (including phenoxy) is 1. The largest absolute Gasteiger partial charge is 0.449 e. The van der Waals surface area contributed by atoms with E-state index in [2.05, 4.69) is 5.32 Å². The molecule has 1 amide bonds. The Morgan fingerprint density at radius 1 is 1.25 bits per heavy atom. The van der Waals surface area contributed by atoms with E-state index in [1.807, 2.05) is 18.4 Å². The summed E-state index contributed by atoms with van der Waals surface area (Å²) in [6.45, 7) is 3.30. The summed E-state index contributed by atoms with van der Waals surface area (Å²) in [6, 6.07) is 4.88. The zero-order chi connectivity index (χ0) is 17.7. The van der Waals surface area contributed by atoms with E-state index in [4.69, 9.17) is 4.74 Å². The highest BCUT2D eigenvalue weighted by molar-refractivity contribution is 7.11. The number of amides is 1. The molecule has 1 N–H and O–H groups in total. The van der Waals surface area contributed by atoms with Gasteiger partial charge in [-0.3, -0.25) is 4.79 Å². The number of hydrogen-bond donors (Lipinski definition) is 1. The Morgan fingerprint density at radius 3 is 2.62 bits per heavy atom. The molecule has 0 fully saturated rings. The Kier molecular flexibility index (Phi) is 5.81. The summed E-state index contributed by atoms with van der Waals surface area (Å²) in [5, 5.41) is 4.25. The third-order valence-corrected chi connectivity index (χ3v) is 4.11. The predicted octanol–water partition coefficient (Wildman–Crippen LogP) is 3.92. The van der Waals surface area contributed by atoms with Gasteiger partial charge in [-0.2, -0.15) is 0 Å². The highest BCUT2D eigenvalue weighted by Crippen LogP contribution is 2.17. The Labute approximate surface area is 141 Å². The minimum Gasteiger partial charge on any atom is -0.449 e. The summed E-state index contributed by atoms with van der Waals surface area (Å²) >= 11 is 1.48. The van der Waals surface area contributed by atoms with Crippen LogP contribution in [-0.4, -0.2) is 18.0 Å². The van der Waals surface area contributed by atoms with Crippen LogP contribution in [0.1, 0.15) is 17.4 Å². The number of nitrogens with one attached hydrogen (secondary N) is 1. The average Bonchev–Trinajstić information content (AvgIpc) is 2.94. The van der Waals surface area contributed by atoms with Crippen molar-refractivity contribution < 1.29 is 23.1 Å². The number of hydrogen-bond acceptors (Lipinski definition) is 4. The van der Waals surface area contributed by atoms with Gasteiger partial charge in [0.05, 0.1) is 0 Å². The van der Waals surface area contributed by atoms with Crippen molar-refractivity contribution in [1.29, 1.82) is 0 Å². The van der Waals surface area contributed by atoms with Crippen molar-refractivity contribution in [3.8, 4) is 0 Å². The lowest BCUT2D eigenvalue weighted by molar-refractivity contribution is -0.148. The topological polar surface area (TPSA) is 55.4 Å². The van der Waals surface area contributed by atoms with Crippen LogP contribution in [0.4, 0.5) is 14.5 Å². The molecule has 7 heteroatoms. The predicted molar refractivity (Wildman–Crippen MR) is 88.6 cm³/mol. The number of carbonyl (C=O) groups is 2. The second-order valence-electron chi connectivity index (χ2n) is 5.00. The molecule has 0 saturated carbocycles. The summed E-state index contributed by atoms with van der Waals surface area (Å²) < 4.78 is 30.9. The van der Waals surface area contributed by atoms with E-state index in [9.17, 15) is 18.4 Å². The van der Waals surface area contributed by atoms with Gasteiger partial charge < -0.3 is 10.1 Å². The standard InChI is InChI=1S/C17H15F2NO3S/c1-10-7-8-24-15(10)5-6-16(21)23-11(2)17(22)20-12-3-4-13(18)14(19)9-12/h3-9,11H,1-2H3,(H,20,22)/b6-5+/t11-/m1/s1. The molecule has 0 saturated heterocycles. The summed E-state index contributed by atoms with van der Waals surface area (Å²) in [6.07, 6.45) is 1.77. The number of anilines is 1. The first-order chi connectivity index (χ1) is 11.4. The molecule has 1 heterocycles. The zero-order valence-electron chi connectivity index (χ0n) is 13.0. The van der Waals surface area contributed by atoms with Crippen molar-refractivity contribution in [2.75, 3.05) is 5.32 Å². The van der Waals surface area contributed by atoms with E-state index in [1.165, 1.54) is 30.4 Å². The molecule has 126 valence electrons. The first-order valence-corrected chi connectivity index (χ1v) is 7.93. The van der Waals surface area contributed by atoms with Gasteiger partial charge in [0.25, 0.3) is 5.91 Å². The van der Waals surface area contributed by atoms with E-state index in [0.717, 1.165) is 22.6 Å². The smallest absolute Gasteiger partial charge is 0.331 e. The fourth-order valence-electron chi connectivity index (χ4n) is 1.78. The van der Waals surface area contributed by atoms with E-state index in [-0.39, 0.29) is 5.69 Å². The maximum atomic E-state index is 13.1. The molecule has 0 spiro atoms. The fourth-order valence-corrected chi connectivity index (χ4v) is 2.60. The minimum absolute atomic E-state index is 0.0755.